The minimum atomic E-state index is -0.501. The second-order valence-corrected chi connectivity index (χ2v) is 6.76. The zero-order chi connectivity index (χ0) is 18.0. The number of ether oxygens (including phenoxy) is 1. The summed E-state index contributed by atoms with van der Waals surface area (Å²) in [5, 5.41) is 5.71. The molecule has 1 saturated heterocycles. The second kappa shape index (κ2) is 7.27. The number of carbonyl (C=O) groups excluding carboxylic acids is 2. The summed E-state index contributed by atoms with van der Waals surface area (Å²) in [5.74, 6) is -0.410. The molecule has 25 heavy (non-hydrogen) atoms. The van der Waals surface area contributed by atoms with Crippen LogP contribution in [0.15, 0.2) is 29.5 Å². The molecule has 2 heterocycles. The third-order valence-corrected chi connectivity index (χ3v) is 4.88. The van der Waals surface area contributed by atoms with E-state index in [1.54, 1.807) is 0 Å². The van der Waals surface area contributed by atoms with Crippen molar-refractivity contribution in [2.75, 3.05) is 26.7 Å². The molecule has 2 amide bonds. The Labute approximate surface area is 148 Å². The molecule has 6 heteroatoms. The molecular formula is C19H25N3O3. The summed E-state index contributed by atoms with van der Waals surface area (Å²) in [6, 6.07) is 5.23. The summed E-state index contributed by atoms with van der Waals surface area (Å²) < 4.78 is 5.03. The van der Waals surface area contributed by atoms with Crippen LogP contribution in [0, 0.1) is 13.8 Å². The van der Waals surface area contributed by atoms with Crippen molar-refractivity contribution in [1.82, 2.24) is 15.5 Å². The van der Waals surface area contributed by atoms with Crippen LogP contribution in [0.4, 0.5) is 4.79 Å². The lowest BCUT2D eigenvalue weighted by Gasteiger charge is -2.31. The molecule has 0 unspecified atom stereocenters. The molecule has 134 valence electrons. The number of likely N-dealkylation sites (tertiary alicyclic amines) is 1. The van der Waals surface area contributed by atoms with Crippen molar-refractivity contribution in [1.29, 1.82) is 0 Å². The number of aryl methyl sites for hydroxylation is 2. The molecular weight excluding hydrogens is 318 g/mol. The number of nitrogens with zero attached hydrogens (tertiary/aromatic N) is 1. The maximum Gasteiger partial charge on any atom is 0.338 e. The van der Waals surface area contributed by atoms with Crippen LogP contribution >= 0.6 is 0 Å². The third kappa shape index (κ3) is 3.69. The van der Waals surface area contributed by atoms with Gasteiger partial charge in [-0.15, -0.1) is 0 Å². The van der Waals surface area contributed by atoms with Gasteiger partial charge in [-0.1, -0.05) is 23.8 Å². The van der Waals surface area contributed by atoms with Crippen LogP contribution in [-0.4, -0.2) is 43.6 Å². The lowest BCUT2D eigenvalue weighted by molar-refractivity contribution is -0.136. The summed E-state index contributed by atoms with van der Waals surface area (Å²) in [5.41, 5.74) is 4.22. The number of rotatable bonds is 4. The average Bonchev–Trinajstić information content (AvgIpc) is 3.06. The maximum absolute atomic E-state index is 12.5. The predicted octanol–water partition coefficient (Wildman–Crippen LogP) is 2.18. The highest BCUT2D eigenvalue weighted by molar-refractivity contribution is 5.95. The first-order valence-corrected chi connectivity index (χ1v) is 8.68. The quantitative estimate of drug-likeness (QED) is 0.822. The van der Waals surface area contributed by atoms with E-state index in [-0.39, 0.29) is 6.03 Å². The highest BCUT2D eigenvalue weighted by atomic mass is 16.5. The lowest BCUT2D eigenvalue weighted by atomic mass is 9.91. The molecule has 1 atom stereocenters. The Balaban J connectivity index is 2.04. The van der Waals surface area contributed by atoms with Crippen LogP contribution in [0.2, 0.25) is 0 Å². The van der Waals surface area contributed by atoms with E-state index in [1.807, 2.05) is 26.0 Å². The van der Waals surface area contributed by atoms with Gasteiger partial charge in [0.05, 0.1) is 18.7 Å². The topological polar surface area (TPSA) is 70.7 Å². The van der Waals surface area contributed by atoms with E-state index in [1.165, 1.54) is 7.11 Å². The van der Waals surface area contributed by atoms with E-state index < -0.39 is 12.0 Å². The predicted molar refractivity (Wildman–Crippen MR) is 95.0 cm³/mol. The molecule has 2 N–H and O–H groups in total. The average molecular weight is 343 g/mol. The van der Waals surface area contributed by atoms with E-state index in [9.17, 15) is 9.59 Å². The summed E-state index contributed by atoms with van der Waals surface area (Å²) in [6.45, 7) is 6.53. The lowest BCUT2D eigenvalue weighted by Crippen LogP contribution is -2.48. The number of methoxy groups -OCH3 is 1. The number of esters is 1. The van der Waals surface area contributed by atoms with Gasteiger partial charge in [0.2, 0.25) is 0 Å². The van der Waals surface area contributed by atoms with Gasteiger partial charge >= 0.3 is 12.0 Å². The van der Waals surface area contributed by atoms with E-state index in [2.05, 4.69) is 21.6 Å². The molecule has 2 aliphatic heterocycles. The molecule has 6 nitrogen and oxygen atoms in total. The molecule has 0 aliphatic carbocycles. The van der Waals surface area contributed by atoms with Crippen LogP contribution in [0.25, 0.3) is 0 Å². The van der Waals surface area contributed by atoms with Crippen molar-refractivity contribution in [3.05, 3.63) is 46.2 Å². The van der Waals surface area contributed by atoms with Gasteiger partial charge in [-0.05, 0) is 50.9 Å². The van der Waals surface area contributed by atoms with Crippen LogP contribution in [-0.2, 0) is 9.53 Å². The number of amides is 2. The highest BCUT2D eigenvalue weighted by Crippen LogP contribution is 2.30. The number of hydrogen-bond acceptors (Lipinski definition) is 4. The number of urea groups is 1. The van der Waals surface area contributed by atoms with E-state index in [0.717, 1.165) is 42.6 Å². The molecule has 0 bridgehead atoms. The smallest absolute Gasteiger partial charge is 0.338 e. The van der Waals surface area contributed by atoms with Gasteiger partial charge in [0.25, 0.3) is 0 Å². The SMILES string of the molecule is COC(=O)C1=C(CN2CCCC2)NC(=O)N[C@H]1c1ccc(C)cc1C. The molecule has 3 rings (SSSR count). The summed E-state index contributed by atoms with van der Waals surface area (Å²) >= 11 is 0. The Bertz CT molecular complexity index is 721. The Morgan fingerprint density at radius 3 is 2.64 bits per heavy atom. The fourth-order valence-corrected chi connectivity index (χ4v) is 3.64. The Hall–Kier alpha value is -2.34. The molecule has 0 radical (unpaired) electrons. The van der Waals surface area contributed by atoms with E-state index in [4.69, 9.17) is 4.74 Å². The fraction of sp³-hybridized carbons (Fsp3) is 0.474. The van der Waals surface area contributed by atoms with Crippen molar-refractivity contribution in [2.45, 2.75) is 32.7 Å². The third-order valence-electron chi connectivity index (χ3n) is 4.88. The number of nitrogens with one attached hydrogen (secondary N) is 2. The monoisotopic (exact) mass is 343 g/mol. The van der Waals surface area contributed by atoms with Crippen molar-refractivity contribution >= 4 is 12.0 Å². The van der Waals surface area contributed by atoms with Gasteiger partial charge in [-0.25, -0.2) is 9.59 Å². The number of carbonyl (C=O) groups is 2. The first kappa shape index (κ1) is 17.5. The van der Waals surface area contributed by atoms with Crippen LogP contribution in [0.3, 0.4) is 0 Å². The van der Waals surface area contributed by atoms with Gasteiger partial charge in [0.1, 0.15) is 0 Å². The van der Waals surface area contributed by atoms with Gasteiger partial charge in [0.15, 0.2) is 0 Å². The van der Waals surface area contributed by atoms with Crippen molar-refractivity contribution in [2.24, 2.45) is 0 Å². The van der Waals surface area contributed by atoms with E-state index in [0.29, 0.717) is 17.8 Å². The molecule has 0 saturated carbocycles. The molecule has 1 aromatic carbocycles. The Kier molecular flexibility index (Phi) is 5.08. The van der Waals surface area contributed by atoms with Gasteiger partial charge in [-0.3, -0.25) is 4.90 Å². The largest absolute Gasteiger partial charge is 0.466 e. The normalized spacial score (nSPS) is 21.1. The highest BCUT2D eigenvalue weighted by Gasteiger charge is 2.34. The zero-order valence-electron chi connectivity index (χ0n) is 15.0. The maximum atomic E-state index is 12.5. The number of benzene rings is 1. The molecule has 2 aliphatic rings. The van der Waals surface area contributed by atoms with Crippen molar-refractivity contribution in [3.63, 3.8) is 0 Å². The molecule has 1 aromatic rings. The summed E-state index contributed by atoms with van der Waals surface area (Å²) in [6.07, 6.45) is 2.29. The summed E-state index contributed by atoms with van der Waals surface area (Å²) in [7, 11) is 1.37. The standard InChI is InChI=1S/C19H25N3O3/c1-12-6-7-14(13(2)10-12)17-16(18(23)25-3)15(20-19(24)21-17)11-22-8-4-5-9-22/h6-7,10,17H,4-5,8-9,11H2,1-3H3,(H2,20,21,24)/t17-/m0/s1. The Morgan fingerprint density at radius 2 is 2.00 bits per heavy atom. The Morgan fingerprint density at radius 1 is 1.28 bits per heavy atom. The molecule has 0 spiro atoms. The van der Waals surface area contributed by atoms with Gasteiger partial charge in [-0.2, -0.15) is 0 Å². The van der Waals surface area contributed by atoms with Crippen molar-refractivity contribution in [3.8, 4) is 0 Å². The van der Waals surface area contributed by atoms with Gasteiger partial charge in [0, 0.05) is 12.2 Å². The minimum Gasteiger partial charge on any atom is -0.466 e. The van der Waals surface area contributed by atoms with Crippen LogP contribution in [0.5, 0.6) is 0 Å². The van der Waals surface area contributed by atoms with E-state index >= 15 is 0 Å². The number of hydrogen-bond donors (Lipinski definition) is 2. The van der Waals surface area contributed by atoms with Crippen LogP contribution < -0.4 is 10.6 Å². The fourth-order valence-electron chi connectivity index (χ4n) is 3.64. The molecule has 0 aromatic heterocycles. The summed E-state index contributed by atoms with van der Waals surface area (Å²) in [4.78, 5) is 27.0. The van der Waals surface area contributed by atoms with Crippen molar-refractivity contribution < 1.29 is 14.3 Å². The second-order valence-electron chi connectivity index (χ2n) is 6.76. The molecule has 1 fully saturated rings. The minimum absolute atomic E-state index is 0.285. The first-order valence-electron chi connectivity index (χ1n) is 8.68. The van der Waals surface area contributed by atoms with Gasteiger partial charge < -0.3 is 15.4 Å². The van der Waals surface area contributed by atoms with Crippen LogP contribution in [0.1, 0.15) is 35.6 Å². The first-order chi connectivity index (χ1) is 12.0. The zero-order valence-corrected chi connectivity index (χ0v) is 15.0.